The zero-order chi connectivity index (χ0) is 11.1. The van der Waals surface area contributed by atoms with E-state index in [2.05, 4.69) is 5.32 Å². The quantitative estimate of drug-likeness (QED) is 0.793. The van der Waals surface area contributed by atoms with Crippen molar-refractivity contribution in [1.82, 2.24) is 5.32 Å². The molecule has 16 heavy (non-hydrogen) atoms. The summed E-state index contributed by atoms with van der Waals surface area (Å²) in [6.45, 7) is 2.78. The van der Waals surface area contributed by atoms with Gasteiger partial charge in [0.25, 0.3) is 0 Å². The highest BCUT2D eigenvalue weighted by atomic mass is 16.6. The Morgan fingerprint density at radius 1 is 1.25 bits per heavy atom. The zero-order valence-electron chi connectivity index (χ0n) is 10.3. The number of rotatable bonds is 3. The summed E-state index contributed by atoms with van der Waals surface area (Å²) in [6, 6.07) is 0. The van der Waals surface area contributed by atoms with Crippen LogP contribution in [0.15, 0.2) is 0 Å². The molecule has 0 aromatic carbocycles. The maximum atomic E-state index is 6.60. The second-order valence-corrected chi connectivity index (χ2v) is 5.87. The highest BCUT2D eigenvalue weighted by Gasteiger charge is 2.54. The SMILES string of the molecule is COCC1(C2CC2)CNCC2(CCCC2)O1. The Bertz CT molecular complexity index is 255. The van der Waals surface area contributed by atoms with E-state index in [-0.39, 0.29) is 11.2 Å². The van der Waals surface area contributed by atoms with Crippen LogP contribution >= 0.6 is 0 Å². The molecule has 3 rings (SSSR count). The van der Waals surface area contributed by atoms with Gasteiger partial charge in [-0.3, -0.25) is 0 Å². The molecule has 1 unspecified atom stereocenters. The minimum atomic E-state index is -0.0165. The van der Waals surface area contributed by atoms with Crippen molar-refractivity contribution in [3.05, 3.63) is 0 Å². The van der Waals surface area contributed by atoms with Crippen LogP contribution in [0.1, 0.15) is 38.5 Å². The van der Waals surface area contributed by atoms with E-state index in [1.54, 1.807) is 7.11 Å². The van der Waals surface area contributed by atoms with Crippen molar-refractivity contribution in [2.45, 2.75) is 49.7 Å². The Morgan fingerprint density at radius 2 is 2.00 bits per heavy atom. The van der Waals surface area contributed by atoms with Gasteiger partial charge in [0.15, 0.2) is 0 Å². The molecule has 1 atom stereocenters. The molecule has 2 saturated carbocycles. The Morgan fingerprint density at radius 3 is 2.62 bits per heavy atom. The number of morpholine rings is 1. The van der Waals surface area contributed by atoms with Gasteiger partial charge in [0.05, 0.1) is 12.2 Å². The van der Waals surface area contributed by atoms with Crippen molar-refractivity contribution in [3.8, 4) is 0 Å². The maximum absolute atomic E-state index is 6.60. The first-order valence-corrected chi connectivity index (χ1v) is 6.69. The van der Waals surface area contributed by atoms with Crippen LogP contribution in [0, 0.1) is 5.92 Å². The van der Waals surface area contributed by atoms with Gasteiger partial charge in [0.1, 0.15) is 5.60 Å². The Balaban J connectivity index is 1.77. The zero-order valence-corrected chi connectivity index (χ0v) is 10.3. The average Bonchev–Trinajstić information content (AvgIpc) is 3.04. The van der Waals surface area contributed by atoms with E-state index in [4.69, 9.17) is 9.47 Å². The molecule has 1 heterocycles. The largest absolute Gasteiger partial charge is 0.382 e. The van der Waals surface area contributed by atoms with E-state index < -0.39 is 0 Å². The molecular formula is C13H23NO2. The van der Waals surface area contributed by atoms with Crippen LogP contribution in [0.2, 0.25) is 0 Å². The van der Waals surface area contributed by atoms with Gasteiger partial charge in [-0.1, -0.05) is 12.8 Å². The van der Waals surface area contributed by atoms with Crippen LogP contribution < -0.4 is 5.32 Å². The Labute approximate surface area is 97.9 Å². The summed E-state index contributed by atoms with van der Waals surface area (Å²) in [5.74, 6) is 0.734. The lowest BCUT2D eigenvalue weighted by Crippen LogP contribution is -2.62. The first-order valence-electron chi connectivity index (χ1n) is 6.69. The van der Waals surface area contributed by atoms with Crippen LogP contribution in [-0.4, -0.2) is 38.0 Å². The normalized spacial score (nSPS) is 38.1. The summed E-state index contributed by atoms with van der Waals surface area (Å²) in [5.41, 5.74) is 0.122. The van der Waals surface area contributed by atoms with Crippen molar-refractivity contribution in [1.29, 1.82) is 0 Å². The first kappa shape index (κ1) is 11.0. The molecule has 2 aliphatic carbocycles. The molecule has 3 heteroatoms. The summed E-state index contributed by atoms with van der Waals surface area (Å²) >= 11 is 0. The third-order valence-corrected chi connectivity index (χ3v) is 4.52. The first-order chi connectivity index (χ1) is 7.79. The molecular weight excluding hydrogens is 202 g/mol. The molecule has 1 N–H and O–H groups in total. The molecule has 92 valence electrons. The standard InChI is InChI=1S/C13H23NO2/c1-15-10-13(11-4-5-11)9-14-8-12(16-13)6-2-3-7-12/h11,14H,2-10H2,1H3. The van der Waals surface area contributed by atoms with E-state index in [1.807, 2.05) is 0 Å². The molecule has 0 bridgehead atoms. The van der Waals surface area contributed by atoms with Crippen molar-refractivity contribution in [3.63, 3.8) is 0 Å². The highest BCUT2D eigenvalue weighted by molar-refractivity contribution is 5.05. The number of ether oxygens (including phenoxy) is 2. The fraction of sp³-hybridized carbons (Fsp3) is 1.00. The molecule has 0 radical (unpaired) electrons. The van der Waals surface area contributed by atoms with Crippen LogP contribution in [0.5, 0.6) is 0 Å². The summed E-state index contributed by atoms with van der Waals surface area (Å²) < 4.78 is 12.0. The summed E-state index contributed by atoms with van der Waals surface area (Å²) in [6.07, 6.45) is 7.77. The van der Waals surface area contributed by atoms with Gasteiger partial charge in [0.2, 0.25) is 0 Å². The van der Waals surface area contributed by atoms with E-state index in [0.717, 1.165) is 25.6 Å². The van der Waals surface area contributed by atoms with Gasteiger partial charge in [0, 0.05) is 20.2 Å². The maximum Gasteiger partial charge on any atom is 0.107 e. The van der Waals surface area contributed by atoms with E-state index in [1.165, 1.54) is 38.5 Å². The Kier molecular flexibility index (Phi) is 2.73. The van der Waals surface area contributed by atoms with Gasteiger partial charge in [-0.05, 0) is 31.6 Å². The fourth-order valence-electron chi connectivity index (χ4n) is 3.58. The fourth-order valence-corrected chi connectivity index (χ4v) is 3.58. The van der Waals surface area contributed by atoms with Crippen molar-refractivity contribution in [2.24, 2.45) is 5.92 Å². The van der Waals surface area contributed by atoms with Crippen molar-refractivity contribution < 1.29 is 9.47 Å². The second-order valence-electron chi connectivity index (χ2n) is 5.87. The van der Waals surface area contributed by atoms with E-state index >= 15 is 0 Å². The van der Waals surface area contributed by atoms with Crippen LogP contribution in [-0.2, 0) is 9.47 Å². The summed E-state index contributed by atoms with van der Waals surface area (Å²) in [7, 11) is 1.80. The molecule has 3 nitrogen and oxygen atoms in total. The van der Waals surface area contributed by atoms with Gasteiger partial charge in [-0.15, -0.1) is 0 Å². The van der Waals surface area contributed by atoms with Crippen molar-refractivity contribution in [2.75, 3.05) is 26.8 Å². The number of hydrogen-bond donors (Lipinski definition) is 1. The average molecular weight is 225 g/mol. The molecule has 1 aliphatic heterocycles. The lowest BCUT2D eigenvalue weighted by Gasteiger charge is -2.47. The summed E-state index contributed by atoms with van der Waals surface area (Å²) in [4.78, 5) is 0. The minimum Gasteiger partial charge on any atom is -0.382 e. The third kappa shape index (κ3) is 1.79. The van der Waals surface area contributed by atoms with Crippen molar-refractivity contribution >= 4 is 0 Å². The minimum absolute atomic E-state index is 0.0165. The Hall–Kier alpha value is -0.120. The molecule has 0 aromatic rings. The van der Waals surface area contributed by atoms with E-state index in [9.17, 15) is 0 Å². The number of methoxy groups -OCH3 is 1. The van der Waals surface area contributed by atoms with Crippen LogP contribution in [0.4, 0.5) is 0 Å². The third-order valence-electron chi connectivity index (χ3n) is 4.52. The number of hydrogen-bond acceptors (Lipinski definition) is 3. The summed E-state index contributed by atoms with van der Waals surface area (Å²) in [5, 5.41) is 3.61. The number of nitrogens with one attached hydrogen (secondary N) is 1. The van der Waals surface area contributed by atoms with Gasteiger partial charge in [-0.2, -0.15) is 0 Å². The molecule has 0 amide bonds. The molecule has 1 saturated heterocycles. The van der Waals surface area contributed by atoms with Gasteiger partial charge in [-0.25, -0.2) is 0 Å². The lowest BCUT2D eigenvalue weighted by molar-refractivity contribution is -0.204. The molecule has 1 spiro atoms. The lowest BCUT2D eigenvalue weighted by atomic mass is 9.90. The topological polar surface area (TPSA) is 30.5 Å². The second kappa shape index (κ2) is 3.97. The predicted octanol–water partition coefficient (Wildman–Crippen LogP) is 1.71. The monoisotopic (exact) mass is 225 g/mol. The molecule has 3 fully saturated rings. The predicted molar refractivity (Wildman–Crippen MR) is 62.5 cm³/mol. The van der Waals surface area contributed by atoms with Gasteiger partial charge < -0.3 is 14.8 Å². The molecule has 0 aromatic heterocycles. The van der Waals surface area contributed by atoms with E-state index in [0.29, 0.717) is 0 Å². The molecule has 3 aliphatic rings. The smallest absolute Gasteiger partial charge is 0.107 e. The van der Waals surface area contributed by atoms with Gasteiger partial charge >= 0.3 is 0 Å². The highest BCUT2D eigenvalue weighted by Crippen LogP contribution is 2.48. The van der Waals surface area contributed by atoms with Crippen LogP contribution in [0.3, 0.4) is 0 Å². The van der Waals surface area contributed by atoms with Crippen LogP contribution in [0.25, 0.3) is 0 Å².